The van der Waals surface area contributed by atoms with E-state index in [4.69, 9.17) is 9.47 Å². The Kier molecular flexibility index (Phi) is 5.63. The molecule has 0 unspecified atom stereocenters. The van der Waals surface area contributed by atoms with E-state index in [1.807, 2.05) is 29.2 Å². The van der Waals surface area contributed by atoms with E-state index in [1.54, 1.807) is 12.0 Å². The number of rotatable bonds is 3. The molecule has 1 fully saturated rings. The van der Waals surface area contributed by atoms with E-state index in [0.29, 0.717) is 32.6 Å². The van der Waals surface area contributed by atoms with Crippen LogP contribution in [0.25, 0.3) is 0 Å². The zero-order valence-electron chi connectivity index (χ0n) is 13.1. The molecule has 6 heteroatoms. The number of methoxy groups -OCH3 is 2. The molecule has 2 amide bonds. The molecule has 6 nitrogen and oxygen atoms in total. The van der Waals surface area contributed by atoms with Crippen molar-refractivity contribution in [1.82, 2.24) is 9.80 Å². The molecule has 0 aliphatic carbocycles. The molecule has 0 saturated carbocycles. The van der Waals surface area contributed by atoms with Crippen molar-refractivity contribution in [2.75, 3.05) is 40.4 Å². The molecule has 0 aromatic heterocycles. The third-order valence-electron chi connectivity index (χ3n) is 3.77. The molecule has 0 atom stereocenters. The molecule has 1 saturated heterocycles. The molecule has 0 spiro atoms. The molecule has 1 aromatic carbocycles. The van der Waals surface area contributed by atoms with Gasteiger partial charge in [0.1, 0.15) is 5.75 Å². The summed E-state index contributed by atoms with van der Waals surface area (Å²) in [6.07, 6.45) is 0.774. The lowest BCUT2D eigenvalue weighted by Gasteiger charge is -2.21. The van der Waals surface area contributed by atoms with Crippen LogP contribution in [0.3, 0.4) is 0 Å². The molecule has 1 aliphatic heterocycles. The van der Waals surface area contributed by atoms with Crippen LogP contribution < -0.4 is 4.74 Å². The van der Waals surface area contributed by atoms with E-state index >= 15 is 0 Å². The van der Waals surface area contributed by atoms with Crippen molar-refractivity contribution < 1.29 is 19.1 Å². The van der Waals surface area contributed by atoms with Gasteiger partial charge in [-0.2, -0.15) is 0 Å². The summed E-state index contributed by atoms with van der Waals surface area (Å²) in [5.41, 5.74) is 0.929. The molecule has 1 heterocycles. The molecule has 0 bridgehead atoms. The summed E-state index contributed by atoms with van der Waals surface area (Å²) < 4.78 is 9.90. The van der Waals surface area contributed by atoms with Crippen LogP contribution in [0.4, 0.5) is 4.79 Å². The van der Waals surface area contributed by atoms with Crippen LogP contribution in [-0.4, -0.2) is 62.2 Å². The zero-order valence-corrected chi connectivity index (χ0v) is 13.1. The van der Waals surface area contributed by atoms with Gasteiger partial charge in [0.05, 0.1) is 20.6 Å². The van der Waals surface area contributed by atoms with E-state index in [-0.39, 0.29) is 12.0 Å². The number of carbonyl (C=O) groups is 2. The summed E-state index contributed by atoms with van der Waals surface area (Å²) in [5.74, 6) is 0.818. The van der Waals surface area contributed by atoms with Crippen molar-refractivity contribution in [3.05, 3.63) is 29.8 Å². The Hall–Kier alpha value is -2.24. The normalized spacial score (nSPS) is 15.2. The van der Waals surface area contributed by atoms with Crippen LogP contribution in [0, 0.1) is 0 Å². The van der Waals surface area contributed by atoms with Gasteiger partial charge in [0.25, 0.3) is 0 Å². The van der Waals surface area contributed by atoms with Crippen molar-refractivity contribution in [3.63, 3.8) is 0 Å². The minimum Gasteiger partial charge on any atom is -0.497 e. The van der Waals surface area contributed by atoms with Crippen LogP contribution in [0.15, 0.2) is 24.3 Å². The minimum absolute atomic E-state index is 0.0694. The van der Waals surface area contributed by atoms with Crippen LogP contribution in [0.1, 0.15) is 12.0 Å². The molecular weight excluding hydrogens is 284 g/mol. The first kappa shape index (κ1) is 16.1. The van der Waals surface area contributed by atoms with Gasteiger partial charge in [-0.3, -0.25) is 4.79 Å². The molecule has 0 radical (unpaired) electrons. The van der Waals surface area contributed by atoms with Gasteiger partial charge in [0.15, 0.2) is 0 Å². The standard InChI is InChI=1S/C16H22N2O4/c1-21-14-6-3-5-13(11-14)12-15(19)17-7-4-8-18(10-9-17)16(20)22-2/h3,5-6,11H,4,7-10,12H2,1-2H3. The summed E-state index contributed by atoms with van der Waals surface area (Å²) in [5, 5.41) is 0. The lowest BCUT2D eigenvalue weighted by Crippen LogP contribution is -2.37. The van der Waals surface area contributed by atoms with Gasteiger partial charge in [-0.1, -0.05) is 12.1 Å². The highest BCUT2D eigenvalue weighted by Crippen LogP contribution is 2.14. The Labute approximate surface area is 130 Å². The van der Waals surface area contributed by atoms with Gasteiger partial charge in [0.2, 0.25) is 5.91 Å². The third kappa shape index (κ3) is 4.13. The number of nitrogens with zero attached hydrogens (tertiary/aromatic N) is 2. The first-order valence-corrected chi connectivity index (χ1v) is 7.37. The second kappa shape index (κ2) is 7.68. The second-order valence-corrected chi connectivity index (χ2v) is 5.22. The topological polar surface area (TPSA) is 59.1 Å². The van der Waals surface area contributed by atoms with E-state index in [9.17, 15) is 9.59 Å². The predicted octanol–water partition coefficient (Wildman–Crippen LogP) is 1.54. The molecule has 2 rings (SSSR count). The average molecular weight is 306 g/mol. The second-order valence-electron chi connectivity index (χ2n) is 5.22. The van der Waals surface area contributed by atoms with Gasteiger partial charge < -0.3 is 19.3 Å². The van der Waals surface area contributed by atoms with Crippen molar-refractivity contribution >= 4 is 12.0 Å². The smallest absolute Gasteiger partial charge is 0.409 e. The van der Waals surface area contributed by atoms with Gasteiger partial charge in [-0.15, -0.1) is 0 Å². The Morgan fingerprint density at radius 1 is 1.09 bits per heavy atom. The Morgan fingerprint density at radius 2 is 1.82 bits per heavy atom. The number of amides is 2. The highest BCUT2D eigenvalue weighted by molar-refractivity contribution is 5.79. The van der Waals surface area contributed by atoms with Crippen LogP contribution in [0.2, 0.25) is 0 Å². The zero-order chi connectivity index (χ0) is 15.9. The van der Waals surface area contributed by atoms with E-state index < -0.39 is 0 Å². The Bertz CT molecular complexity index is 533. The molecule has 120 valence electrons. The minimum atomic E-state index is -0.331. The fourth-order valence-corrected chi connectivity index (χ4v) is 2.55. The number of hydrogen-bond donors (Lipinski definition) is 0. The molecule has 0 N–H and O–H groups in total. The van der Waals surface area contributed by atoms with Gasteiger partial charge in [-0.05, 0) is 24.1 Å². The average Bonchev–Trinajstić information content (AvgIpc) is 2.80. The van der Waals surface area contributed by atoms with Crippen LogP contribution >= 0.6 is 0 Å². The van der Waals surface area contributed by atoms with Crippen molar-refractivity contribution in [3.8, 4) is 5.75 Å². The summed E-state index contributed by atoms with van der Waals surface area (Å²) in [6, 6.07) is 7.52. The predicted molar refractivity (Wildman–Crippen MR) is 81.9 cm³/mol. The lowest BCUT2D eigenvalue weighted by molar-refractivity contribution is -0.130. The van der Waals surface area contributed by atoms with Crippen molar-refractivity contribution in [1.29, 1.82) is 0 Å². The SMILES string of the molecule is COC(=O)N1CCCN(C(=O)Cc2cccc(OC)c2)CC1. The van der Waals surface area contributed by atoms with Gasteiger partial charge in [0, 0.05) is 26.2 Å². The molecule has 1 aromatic rings. The number of benzene rings is 1. The number of hydrogen-bond acceptors (Lipinski definition) is 4. The van der Waals surface area contributed by atoms with Crippen LogP contribution in [-0.2, 0) is 16.0 Å². The lowest BCUT2D eigenvalue weighted by atomic mass is 10.1. The highest BCUT2D eigenvalue weighted by atomic mass is 16.5. The fraction of sp³-hybridized carbons (Fsp3) is 0.500. The van der Waals surface area contributed by atoms with E-state index in [1.165, 1.54) is 7.11 Å². The molecule has 22 heavy (non-hydrogen) atoms. The third-order valence-corrected chi connectivity index (χ3v) is 3.77. The quantitative estimate of drug-likeness (QED) is 0.850. The number of ether oxygens (including phenoxy) is 2. The summed E-state index contributed by atoms with van der Waals surface area (Å²) in [4.78, 5) is 27.4. The maximum absolute atomic E-state index is 12.4. The largest absolute Gasteiger partial charge is 0.497 e. The Balaban J connectivity index is 1.93. The summed E-state index contributed by atoms with van der Waals surface area (Å²) in [6.45, 7) is 2.33. The van der Waals surface area contributed by atoms with E-state index in [0.717, 1.165) is 17.7 Å². The maximum atomic E-state index is 12.4. The van der Waals surface area contributed by atoms with Gasteiger partial charge in [-0.25, -0.2) is 4.79 Å². The summed E-state index contributed by atoms with van der Waals surface area (Å²) in [7, 11) is 2.98. The first-order chi connectivity index (χ1) is 10.6. The van der Waals surface area contributed by atoms with Crippen molar-refractivity contribution in [2.45, 2.75) is 12.8 Å². The van der Waals surface area contributed by atoms with Gasteiger partial charge >= 0.3 is 6.09 Å². The highest BCUT2D eigenvalue weighted by Gasteiger charge is 2.22. The summed E-state index contributed by atoms with van der Waals surface area (Å²) >= 11 is 0. The molecular formula is C16H22N2O4. The van der Waals surface area contributed by atoms with Crippen molar-refractivity contribution in [2.24, 2.45) is 0 Å². The van der Waals surface area contributed by atoms with Crippen LogP contribution in [0.5, 0.6) is 5.75 Å². The molecule has 1 aliphatic rings. The first-order valence-electron chi connectivity index (χ1n) is 7.37. The maximum Gasteiger partial charge on any atom is 0.409 e. The number of carbonyl (C=O) groups excluding carboxylic acids is 2. The van der Waals surface area contributed by atoms with E-state index in [2.05, 4.69) is 0 Å². The fourth-order valence-electron chi connectivity index (χ4n) is 2.55. The monoisotopic (exact) mass is 306 g/mol. The Morgan fingerprint density at radius 3 is 2.55 bits per heavy atom.